The average Bonchev–Trinajstić information content (AvgIpc) is 3.19. The van der Waals surface area contributed by atoms with Crippen LogP contribution in [0.1, 0.15) is 17.4 Å². The molecule has 26 heavy (non-hydrogen) atoms. The van der Waals surface area contributed by atoms with E-state index in [0.29, 0.717) is 18.9 Å². The Morgan fingerprint density at radius 1 is 1.12 bits per heavy atom. The fourth-order valence-electron chi connectivity index (χ4n) is 2.87. The van der Waals surface area contributed by atoms with Crippen LogP contribution in [0, 0.1) is 6.92 Å². The lowest BCUT2D eigenvalue weighted by atomic mass is 10.1. The van der Waals surface area contributed by atoms with E-state index >= 15 is 0 Å². The molecule has 7 nitrogen and oxygen atoms in total. The minimum Gasteiger partial charge on any atom is -0.468 e. The van der Waals surface area contributed by atoms with E-state index in [0.717, 1.165) is 24.4 Å². The predicted molar refractivity (Wildman–Crippen MR) is 96.7 cm³/mol. The van der Waals surface area contributed by atoms with Crippen molar-refractivity contribution in [3.8, 4) is 0 Å². The molecule has 1 aliphatic heterocycles. The number of nitrogens with zero attached hydrogens (tertiary/aromatic N) is 1. The Balaban J connectivity index is 1.58. The van der Waals surface area contributed by atoms with E-state index in [1.807, 2.05) is 31.2 Å². The van der Waals surface area contributed by atoms with Gasteiger partial charge in [0.2, 0.25) is 0 Å². The first-order chi connectivity index (χ1) is 12.6. The number of aryl methyl sites for hydroxylation is 1. The molecule has 0 spiro atoms. The molecule has 2 heterocycles. The molecule has 138 valence electrons. The van der Waals surface area contributed by atoms with Gasteiger partial charge in [-0.2, -0.15) is 0 Å². The summed E-state index contributed by atoms with van der Waals surface area (Å²) in [4.78, 5) is 26.4. The Kier molecular flexibility index (Phi) is 6.04. The number of hydrogen-bond acceptors (Lipinski definition) is 5. The van der Waals surface area contributed by atoms with Crippen molar-refractivity contribution in [3.63, 3.8) is 0 Å². The second kappa shape index (κ2) is 8.64. The summed E-state index contributed by atoms with van der Waals surface area (Å²) in [6.45, 7) is 5.01. The van der Waals surface area contributed by atoms with Crippen molar-refractivity contribution in [2.24, 2.45) is 0 Å². The average molecular weight is 357 g/mol. The number of furan rings is 1. The number of morpholine rings is 1. The summed E-state index contributed by atoms with van der Waals surface area (Å²) in [5.41, 5.74) is 1.67. The van der Waals surface area contributed by atoms with Crippen LogP contribution in [-0.4, -0.2) is 49.6 Å². The van der Waals surface area contributed by atoms with Crippen LogP contribution in [0.3, 0.4) is 0 Å². The first-order valence-corrected chi connectivity index (χ1v) is 8.64. The van der Waals surface area contributed by atoms with E-state index in [9.17, 15) is 9.59 Å². The van der Waals surface area contributed by atoms with E-state index in [4.69, 9.17) is 9.15 Å². The molecular weight excluding hydrogens is 334 g/mol. The molecule has 0 aliphatic carbocycles. The summed E-state index contributed by atoms with van der Waals surface area (Å²) in [5, 5.41) is 5.31. The molecule has 0 bridgehead atoms. The first kappa shape index (κ1) is 18.2. The Labute approximate surface area is 152 Å². The van der Waals surface area contributed by atoms with E-state index in [1.54, 1.807) is 18.4 Å². The van der Waals surface area contributed by atoms with Crippen molar-refractivity contribution in [3.05, 3.63) is 54.0 Å². The predicted octanol–water partition coefficient (Wildman–Crippen LogP) is 1.72. The third-order valence-corrected chi connectivity index (χ3v) is 4.33. The number of rotatable bonds is 5. The monoisotopic (exact) mass is 357 g/mol. The van der Waals surface area contributed by atoms with Gasteiger partial charge in [0.25, 0.3) is 0 Å². The number of anilines is 1. The Bertz CT molecular complexity index is 722. The Hall–Kier alpha value is -2.64. The first-order valence-electron chi connectivity index (χ1n) is 8.64. The molecule has 1 aliphatic rings. The molecule has 3 rings (SSSR count). The van der Waals surface area contributed by atoms with Gasteiger partial charge in [-0.15, -0.1) is 0 Å². The van der Waals surface area contributed by atoms with Gasteiger partial charge in [0, 0.05) is 25.3 Å². The zero-order chi connectivity index (χ0) is 18.4. The van der Waals surface area contributed by atoms with E-state index in [2.05, 4.69) is 15.5 Å². The van der Waals surface area contributed by atoms with E-state index in [-0.39, 0.29) is 12.6 Å². The smallest absolute Gasteiger partial charge is 0.313 e. The van der Waals surface area contributed by atoms with Gasteiger partial charge in [-0.1, -0.05) is 17.7 Å². The third kappa shape index (κ3) is 4.71. The molecule has 2 aromatic rings. The summed E-state index contributed by atoms with van der Waals surface area (Å²) in [6, 6.07) is 10.8. The minimum atomic E-state index is -0.686. The van der Waals surface area contributed by atoms with Gasteiger partial charge in [-0.05, 0) is 31.2 Å². The zero-order valence-electron chi connectivity index (χ0n) is 14.7. The topological polar surface area (TPSA) is 83.8 Å². The number of carbonyl (C=O) groups excluding carboxylic acids is 2. The normalized spacial score (nSPS) is 16.0. The second-order valence-corrected chi connectivity index (χ2v) is 6.21. The molecule has 1 atom stereocenters. The minimum absolute atomic E-state index is 0.134. The fourth-order valence-corrected chi connectivity index (χ4v) is 2.87. The molecule has 0 saturated carbocycles. The molecule has 7 heteroatoms. The van der Waals surface area contributed by atoms with Gasteiger partial charge in [-0.3, -0.25) is 14.5 Å². The number of hydrogen-bond donors (Lipinski definition) is 2. The van der Waals surface area contributed by atoms with Gasteiger partial charge in [-0.25, -0.2) is 0 Å². The standard InChI is InChI=1S/C19H23N3O4/c1-14-4-6-15(7-5-14)21-19(24)18(23)20-13-16(17-3-2-10-26-17)22-8-11-25-12-9-22/h2-7,10,16H,8-9,11-13H2,1H3,(H,20,23)(H,21,24). The molecular formula is C19H23N3O4. The lowest BCUT2D eigenvalue weighted by molar-refractivity contribution is -0.136. The zero-order valence-corrected chi connectivity index (χ0v) is 14.7. The van der Waals surface area contributed by atoms with Crippen LogP contribution < -0.4 is 10.6 Å². The summed E-state index contributed by atoms with van der Waals surface area (Å²) in [7, 11) is 0. The van der Waals surface area contributed by atoms with E-state index < -0.39 is 11.8 Å². The van der Waals surface area contributed by atoms with Gasteiger partial charge in [0.1, 0.15) is 5.76 Å². The highest BCUT2D eigenvalue weighted by Gasteiger charge is 2.26. The molecule has 1 aromatic carbocycles. The third-order valence-electron chi connectivity index (χ3n) is 4.33. The van der Waals surface area contributed by atoms with Crippen molar-refractivity contribution in [2.45, 2.75) is 13.0 Å². The second-order valence-electron chi connectivity index (χ2n) is 6.21. The summed E-state index contributed by atoms with van der Waals surface area (Å²) < 4.78 is 10.9. The van der Waals surface area contributed by atoms with Crippen LogP contribution in [0.15, 0.2) is 47.1 Å². The van der Waals surface area contributed by atoms with Crippen LogP contribution in [0.4, 0.5) is 5.69 Å². The van der Waals surface area contributed by atoms with Crippen molar-refractivity contribution in [1.29, 1.82) is 0 Å². The highest BCUT2D eigenvalue weighted by atomic mass is 16.5. The number of ether oxygens (including phenoxy) is 1. The maximum atomic E-state index is 12.2. The molecule has 1 aromatic heterocycles. The Morgan fingerprint density at radius 2 is 1.85 bits per heavy atom. The largest absolute Gasteiger partial charge is 0.468 e. The van der Waals surface area contributed by atoms with Gasteiger partial charge in [0.15, 0.2) is 0 Å². The number of nitrogens with one attached hydrogen (secondary N) is 2. The molecule has 1 unspecified atom stereocenters. The Morgan fingerprint density at radius 3 is 2.50 bits per heavy atom. The molecule has 0 radical (unpaired) electrons. The van der Waals surface area contributed by atoms with Gasteiger partial charge >= 0.3 is 11.8 Å². The molecule has 1 fully saturated rings. The highest BCUT2D eigenvalue weighted by molar-refractivity contribution is 6.39. The highest BCUT2D eigenvalue weighted by Crippen LogP contribution is 2.21. The molecule has 2 amide bonds. The van der Waals surface area contributed by atoms with Crippen LogP contribution >= 0.6 is 0 Å². The lowest BCUT2D eigenvalue weighted by Crippen LogP contribution is -2.45. The molecule has 1 saturated heterocycles. The van der Waals surface area contributed by atoms with E-state index in [1.165, 1.54) is 0 Å². The fraction of sp³-hybridized carbons (Fsp3) is 0.368. The summed E-state index contributed by atoms with van der Waals surface area (Å²) >= 11 is 0. The number of carbonyl (C=O) groups is 2. The number of amides is 2. The van der Waals surface area contributed by atoms with Crippen molar-refractivity contribution in [1.82, 2.24) is 10.2 Å². The number of benzene rings is 1. The maximum Gasteiger partial charge on any atom is 0.313 e. The van der Waals surface area contributed by atoms with Crippen LogP contribution in [0.2, 0.25) is 0 Å². The van der Waals surface area contributed by atoms with Gasteiger partial charge < -0.3 is 19.8 Å². The van der Waals surface area contributed by atoms with Crippen LogP contribution in [0.5, 0.6) is 0 Å². The van der Waals surface area contributed by atoms with Crippen molar-refractivity contribution < 1.29 is 18.7 Å². The van der Waals surface area contributed by atoms with Crippen molar-refractivity contribution in [2.75, 3.05) is 38.2 Å². The van der Waals surface area contributed by atoms with Gasteiger partial charge in [0.05, 0.1) is 25.5 Å². The van der Waals surface area contributed by atoms with Crippen LogP contribution in [-0.2, 0) is 14.3 Å². The SMILES string of the molecule is Cc1ccc(NC(=O)C(=O)NCC(c2ccco2)N2CCOCC2)cc1. The molecule has 2 N–H and O–H groups in total. The van der Waals surface area contributed by atoms with Crippen molar-refractivity contribution >= 4 is 17.5 Å². The van der Waals surface area contributed by atoms with Crippen LogP contribution in [0.25, 0.3) is 0 Å². The lowest BCUT2D eigenvalue weighted by Gasteiger charge is -2.33. The maximum absolute atomic E-state index is 12.2. The summed E-state index contributed by atoms with van der Waals surface area (Å²) in [5.74, 6) is -0.601. The summed E-state index contributed by atoms with van der Waals surface area (Å²) in [6.07, 6.45) is 1.61. The quantitative estimate of drug-likeness (QED) is 0.796.